The number of nitrogens with zero attached hydrogens (tertiary/aromatic N) is 2. The number of hydrazine groups is 1. The fourth-order valence-electron chi connectivity index (χ4n) is 4.52. The molecule has 1 aliphatic heterocycles. The Morgan fingerprint density at radius 1 is 1.09 bits per heavy atom. The number of ketones is 1. The van der Waals surface area contributed by atoms with Crippen molar-refractivity contribution in [3.63, 3.8) is 0 Å². The zero-order chi connectivity index (χ0) is 22.8. The number of benzene rings is 2. The van der Waals surface area contributed by atoms with E-state index >= 15 is 0 Å². The van der Waals surface area contributed by atoms with Gasteiger partial charge in [-0.05, 0) is 36.6 Å². The number of Topliss-reactive ketones (excluding diaryl/α,β-unsaturated/α-hetero) is 1. The van der Waals surface area contributed by atoms with Gasteiger partial charge in [-0.2, -0.15) is 0 Å². The van der Waals surface area contributed by atoms with Crippen LogP contribution in [0.5, 0.6) is 11.5 Å². The molecule has 2 aliphatic rings. The Kier molecular flexibility index (Phi) is 6.53. The molecule has 1 heterocycles. The highest BCUT2D eigenvalue weighted by atomic mass is 35.5. The van der Waals surface area contributed by atoms with E-state index in [1.807, 2.05) is 56.6 Å². The Balaban J connectivity index is 1.66. The molecule has 0 spiro atoms. The molecule has 0 saturated carbocycles. The summed E-state index contributed by atoms with van der Waals surface area (Å²) in [6.45, 7) is 0.308. The number of carbonyl (C=O) groups is 2. The predicted octanol–water partition coefficient (Wildman–Crippen LogP) is 4.73. The molecule has 1 atom stereocenters. The second-order valence-corrected chi connectivity index (χ2v) is 8.64. The number of allylic oxidation sites excluding steroid dienone is 2. The molecule has 6 nitrogen and oxygen atoms in total. The summed E-state index contributed by atoms with van der Waals surface area (Å²) < 4.78 is 11.5. The summed E-state index contributed by atoms with van der Waals surface area (Å²) in [5.74, 6) is 0.966. The Labute approximate surface area is 193 Å². The average Bonchev–Trinajstić information content (AvgIpc) is 2.77. The first-order valence-electron chi connectivity index (χ1n) is 10.7. The number of amides is 1. The van der Waals surface area contributed by atoms with Crippen LogP contribution in [0.3, 0.4) is 0 Å². The second-order valence-electron chi connectivity index (χ2n) is 8.24. The van der Waals surface area contributed by atoms with Crippen molar-refractivity contribution in [1.29, 1.82) is 0 Å². The van der Waals surface area contributed by atoms with Crippen LogP contribution in [0.2, 0.25) is 5.02 Å². The van der Waals surface area contributed by atoms with Crippen LogP contribution in [0.4, 0.5) is 0 Å². The summed E-state index contributed by atoms with van der Waals surface area (Å²) in [7, 11) is 5.24. The van der Waals surface area contributed by atoms with E-state index in [0.717, 1.165) is 35.2 Å². The Morgan fingerprint density at radius 3 is 2.59 bits per heavy atom. The third kappa shape index (κ3) is 4.25. The molecule has 1 aliphatic carbocycles. The van der Waals surface area contributed by atoms with Crippen LogP contribution in [-0.4, -0.2) is 42.9 Å². The number of methoxy groups -OCH3 is 1. The van der Waals surface area contributed by atoms with Crippen LogP contribution in [-0.2, 0) is 16.2 Å². The van der Waals surface area contributed by atoms with E-state index in [0.29, 0.717) is 29.5 Å². The van der Waals surface area contributed by atoms with E-state index in [1.54, 1.807) is 17.1 Å². The molecule has 0 fully saturated rings. The van der Waals surface area contributed by atoms with Gasteiger partial charge in [0.1, 0.15) is 6.61 Å². The highest BCUT2D eigenvalue weighted by Gasteiger charge is 2.40. The quantitative estimate of drug-likeness (QED) is 0.631. The maximum atomic E-state index is 13.0. The highest BCUT2D eigenvalue weighted by molar-refractivity contribution is 6.31. The van der Waals surface area contributed by atoms with E-state index in [2.05, 4.69) is 0 Å². The number of halogens is 1. The first-order chi connectivity index (χ1) is 15.4. The van der Waals surface area contributed by atoms with E-state index in [1.165, 1.54) is 0 Å². The van der Waals surface area contributed by atoms with Gasteiger partial charge in [0.2, 0.25) is 5.91 Å². The SMILES string of the molecule is COc1cc(C2CC(=O)N(N(C)C)C3=C2C(=O)CCC3)ccc1OCc1ccccc1Cl. The van der Waals surface area contributed by atoms with E-state index in [4.69, 9.17) is 21.1 Å². The molecule has 1 unspecified atom stereocenters. The Bertz CT molecular complexity index is 1080. The molecule has 4 rings (SSSR count). The molecular formula is C25H27ClN2O4. The fourth-order valence-corrected chi connectivity index (χ4v) is 4.71. The van der Waals surface area contributed by atoms with Crippen molar-refractivity contribution in [1.82, 2.24) is 10.0 Å². The van der Waals surface area contributed by atoms with Crippen molar-refractivity contribution < 1.29 is 19.1 Å². The number of hydrogen-bond acceptors (Lipinski definition) is 5. The predicted molar refractivity (Wildman–Crippen MR) is 123 cm³/mol. The molecule has 32 heavy (non-hydrogen) atoms. The van der Waals surface area contributed by atoms with Crippen molar-refractivity contribution in [2.45, 2.75) is 38.2 Å². The topological polar surface area (TPSA) is 59.1 Å². The first kappa shape index (κ1) is 22.4. The highest BCUT2D eigenvalue weighted by Crippen LogP contribution is 2.43. The summed E-state index contributed by atoms with van der Waals surface area (Å²) in [5, 5.41) is 4.06. The van der Waals surface area contributed by atoms with Crippen molar-refractivity contribution >= 4 is 23.3 Å². The van der Waals surface area contributed by atoms with Crippen molar-refractivity contribution in [3.05, 3.63) is 69.9 Å². The second kappa shape index (κ2) is 9.35. The summed E-state index contributed by atoms with van der Waals surface area (Å²) in [6.07, 6.45) is 2.24. The smallest absolute Gasteiger partial charge is 0.242 e. The maximum Gasteiger partial charge on any atom is 0.242 e. The normalized spacial score (nSPS) is 18.8. The molecule has 2 aromatic carbocycles. The largest absolute Gasteiger partial charge is 0.493 e. The number of hydrogen-bond donors (Lipinski definition) is 0. The summed E-state index contributed by atoms with van der Waals surface area (Å²) in [5.41, 5.74) is 3.33. The maximum absolute atomic E-state index is 13.0. The van der Waals surface area contributed by atoms with Crippen molar-refractivity contribution in [2.24, 2.45) is 0 Å². The number of ether oxygens (including phenoxy) is 2. The summed E-state index contributed by atoms with van der Waals surface area (Å²) in [4.78, 5) is 25.9. The molecule has 0 N–H and O–H groups in total. The lowest BCUT2D eigenvalue weighted by atomic mass is 9.77. The van der Waals surface area contributed by atoms with Crippen LogP contribution in [0.1, 0.15) is 42.7 Å². The monoisotopic (exact) mass is 454 g/mol. The van der Waals surface area contributed by atoms with Gasteiger partial charge in [-0.25, -0.2) is 10.0 Å². The van der Waals surface area contributed by atoms with Gasteiger partial charge in [0.15, 0.2) is 17.3 Å². The Hall–Kier alpha value is -2.83. The van der Waals surface area contributed by atoms with E-state index < -0.39 is 0 Å². The van der Waals surface area contributed by atoms with Crippen LogP contribution >= 0.6 is 11.6 Å². The zero-order valence-corrected chi connectivity index (χ0v) is 19.3. The van der Waals surface area contributed by atoms with E-state index in [9.17, 15) is 9.59 Å². The fraction of sp³-hybridized carbons (Fsp3) is 0.360. The molecule has 0 radical (unpaired) electrons. The molecule has 0 aromatic heterocycles. The molecule has 168 valence electrons. The minimum atomic E-state index is -0.284. The molecule has 1 amide bonds. The van der Waals surface area contributed by atoms with Gasteiger partial charge in [0.05, 0.1) is 7.11 Å². The van der Waals surface area contributed by atoms with Crippen LogP contribution in [0, 0.1) is 0 Å². The van der Waals surface area contributed by atoms with Gasteiger partial charge in [0, 0.05) is 54.7 Å². The third-order valence-electron chi connectivity index (χ3n) is 5.98. The molecular weight excluding hydrogens is 428 g/mol. The van der Waals surface area contributed by atoms with Gasteiger partial charge in [-0.1, -0.05) is 35.9 Å². The minimum absolute atomic E-state index is 0.00790. The van der Waals surface area contributed by atoms with Gasteiger partial charge in [-0.15, -0.1) is 0 Å². The van der Waals surface area contributed by atoms with Crippen molar-refractivity contribution in [2.75, 3.05) is 21.2 Å². The van der Waals surface area contributed by atoms with E-state index in [-0.39, 0.29) is 24.0 Å². The first-order valence-corrected chi connectivity index (χ1v) is 11.1. The summed E-state index contributed by atoms with van der Waals surface area (Å²) >= 11 is 6.23. The van der Waals surface area contributed by atoms with Gasteiger partial charge >= 0.3 is 0 Å². The van der Waals surface area contributed by atoms with Crippen LogP contribution in [0.25, 0.3) is 0 Å². The number of rotatable bonds is 6. The van der Waals surface area contributed by atoms with Crippen LogP contribution < -0.4 is 9.47 Å². The lowest BCUT2D eigenvalue weighted by Gasteiger charge is -2.41. The summed E-state index contributed by atoms with van der Waals surface area (Å²) in [6, 6.07) is 13.1. The molecule has 0 bridgehead atoms. The lowest BCUT2D eigenvalue weighted by Crippen LogP contribution is -2.47. The lowest BCUT2D eigenvalue weighted by molar-refractivity contribution is -0.143. The van der Waals surface area contributed by atoms with Crippen LogP contribution in [0.15, 0.2) is 53.7 Å². The van der Waals surface area contributed by atoms with Gasteiger partial charge in [0.25, 0.3) is 0 Å². The molecule has 2 aromatic rings. The average molecular weight is 455 g/mol. The van der Waals surface area contributed by atoms with Crippen molar-refractivity contribution in [3.8, 4) is 11.5 Å². The Morgan fingerprint density at radius 2 is 1.88 bits per heavy atom. The van der Waals surface area contributed by atoms with Gasteiger partial charge in [-0.3, -0.25) is 9.59 Å². The third-order valence-corrected chi connectivity index (χ3v) is 6.35. The minimum Gasteiger partial charge on any atom is -0.493 e. The standard InChI is InChI=1S/C25H27ClN2O4/c1-27(2)28-20-9-6-10-21(29)25(20)18(14-24(28)30)16-11-12-22(23(13-16)31-3)32-15-17-7-4-5-8-19(17)26/h4-5,7-8,11-13,18H,6,9-10,14-15H2,1-3H3. The molecule has 7 heteroatoms. The molecule has 0 saturated heterocycles. The zero-order valence-electron chi connectivity index (χ0n) is 18.6. The van der Waals surface area contributed by atoms with Gasteiger partial charge < -0.3 is 9.47 Å². The number of carbonyl (C=O) groups excluding carboxylic acids is 2.